The van der Waals surface area contributed by atoms with E-state index in [2.05, 4.69) is 5.32 Å². The molecule has 0 saturated carbocycles. The molecular weight excluding hydrogens is 576 g/mol. The summed E-state index contributed by atoms with van der Waals surface area (Å²) in [5.74, 6) is 1.42. The van der Waals surface area contributed by atoms with Crippen LogP contribution in [-0.4, -0.2) is 11.9 Å². The Kier molecular flexibility index (Phi) is 11.6. The summed E-state index contributed by atoms with van der Waals surface area (Å²) < 4.78 is 16.8. The van der Waals surface area contributed by atoms with Crippen LogP contribution in [0.3, 0.4) is 0 Å². The second kappa shape index (κ2) is 16.6. The maximum atomic E-state index is 12.0. The molecular formula is C39H38N2O5. The molecule has 5 aromatic carbocycles. The quantitative estimate of drug-likeness (QED) is 0.114. The van der Waals surface area contributed by atoms with Crippen molar-refractivity contribution in [1.82, 2.24) is 5.32 Å². The van der Waals surface area contributed by atoms with Crippen LogP contribution >= 0.6 is 0 Å². The molecule has 7 heteroatoms. The van der Waals surface area contributed by atoms with Gasteiger partial charge in [-0.25, -0.2) is 0 Å². The van der Waals surface area contributed by atoms with E-state index in [1.807, 2.05) is 140 Å². The first-order chi connectivity index (χ1) is 22.5. The number of benzene rings is 5. The Balaban J connectivity index is 0.000000192. The largest absolute Gasteiger partial charge is 0.489 e. The third kappa shape index (κ3) is 10.1. The topological polar surface area (TPSA) is 99.9 Å². The van der Waals surface area contributed by atoms with E-state index in [0.717, 1.165) is 39.3 Å². The zero-order valence-corrected chi connectivity index (χ0v) is 25.6. The molecule has 1 aliphatic rings. The van der Waals surface area contributed by atoms with Gasteiger partial charge in [-0.05, 0) is 52.1 Å². The molecule has 0 aliphatic carbocycles. The summed E-state index contributed by atoms with van der Waals surface area (Å²) in [6.45, 7) is 1.34. The van der Waals surface area contributed by atoms with Crippen molar-refractivity contribution in [1.29, 1.82) is 0 Å². The van der Waals surface area contributed by atoms with Gasteiger partial charge in [-0.3, -0.25) is 9.59 Å². The van der Waals surface area contributed by atoms with Gasteiger partial charge in [0.25, 0.3) is 0 Å². The van der Waals surface area contributed by atoms with Crippen LogP contribution < -0.4 is 20.5 Å². The molecule has 3 N–H and O–H groups in total. The Labute approximate surface area is 269 Å². The molecule has 234 valence electrons. The van der Waals surface area contributed by atoms with Gasteiger partial charge in [-0.2, -0.15) is 0 Å². The molecule has 7 nitrogen and oxygen atoms in total. The number of nitrogens with two attached hydrogens (primary N) is 1. The van der Waals surface area contributed by atoms with E-state index in [9.17, 15) is 9.59 Å². The maximum Gasteiger partial charge on any atom is 0.308 e. The zero-order valence-electron chi connectivity index (χ0n) is 25.6. The number of amides is 1. The van der Waals surface area contributed by atoms with Crippen LogP contribution in [0.4, 0.5) is 0 Å². The summed E-state index contributed by atoms with van der Waals surface area (Å²) in [6.07, 6.45) is 0.723. The van der Waals surface area contributed by atoms with Crippen LogP contribution in [0.2, 0.25) is 0 Å². The maximum absolute atomic E-state index is 12.0. The predicted molar refractivity (Wildman–Crippen MR) is 178 cm³/mol. The summed E-state index contributed by atoms with van der Waals surface area (Å²) >= 11 is 0. The van der Waals surface area contributed by atoms with E-state index in [0.29, 0.717) is 19.6 Å². The minimum atomic E-state index is -0.406. The van der Waals surface area contributed by atoms with Crippen molar-refractivity contribution in [2.24, 2.45) is 5.73 Å². The highest BCUT2D eigenvalue weighted by Crippen LogP contribution is 2.26. The summed E-state index contributed by atoms with van der Waals surface area (Å²) in [6, 6.07) is 44.8. The number of rotatable bonds is 12. The fourth-order valence-corrected chi connectivity index (χ4v) is 4.74. The summed E-state index contributed by atoms with van der Waals surface area (Å²) in [5.41, 5.74) is 11.4. The molecule has 0 bridgehead atoms. The van der Waals surface area contributed by atoms with Crippen molar-refractivity contribution < 1.29 is 23.8 Å². The van der Waals surface area contributed by atoms with Crippen LogP contribution in [0.25, 0.3) is 0 Å². The van der Waals surface area contributed by atoms with Gasteiger partial charge in [0.15, 0.2) is 0 Å². The Hall–Kier alpha value is -5.40. The molecule has 0 aromatic heterocycles. The lowest BCUT2D eigenvalue weighted by molar-refractivity contribution is -0.145. The van der Waals surface area contributed by atoms with Gasteiger partial charge in [0, 0.05) is 6.04 Å². The Morgan fingerprint density at radius 3 is 1.54 bits per heavy atom. The molecule has 5 aromatic rings. The number of carbonyl (C=O) groups is 2. The number of ether oxygens (including phenoxy) is 3. The highest BCUT2D eigenvalue weighted by Gasteiger charge is 2.26. The summed E-state index contributed by atoms with van der Waals surface area (Å²) in [7, 11) is 0. The highest BCUT2D eigenvalue weighted by atomic mass is 16.5. The first kappa shape index (κ1) is 32.0. The van der Waals surface area contributed by atoms with Crippen LogP contribution in [0.15, 0.2) is 140 Å². The molecule has 1 saturated heterocycles. The smallest absolute Gasteiger partial charge is 0.308 e. The monoisotopic (exact) mass is 614 g/mol. The van der Waals surface area contributed by atoms with E-state index in [1.165, 1.54) is 0 Å². The van der Waals surface area contributed by atoms with Crippen LogP contribution in [0.5, 0.6) is 11.5 Å². The summed E-state index contributed by atoms with van der Waals surface area (Å²) in [5, 5.41) is 2.86. The second-order valence-corrected chi connectivity index (χ2v) is 11.0. The van der Waals surface area contributed by atoms with Gasteiger partial charge in [-0.1, -0.05) is 115 Å². The zero-order chi connectivity index (χ0) is 32.0. The normalized spacial score (nSPS) is 14.0. The van der Waals surface area contributed by atoms with Crippen molar-refractivity contribution in [3.05, 3.63) is 167 Å². The van der Waals surface area contributed by atoms with Crippen molar-refractivity contribution in [2.45, 2.75) is 44.7 Å². The first-order valence-corrected chi connectivity index (χ1v) is 15.3. The third-order valence-electron chi connectivity index (χ3n) is 7.44. The third-order valence-corrected chi connectivity index (χ3v) is 7.44. The van der Waals surface area contributed by atoms with E-state index in [-0.39, 0.29) is 30.9 Å². The highest BCUT2D eigenvalue weighted by molar-refractivity contribution is 5.83. The van der Waals surface area contributed by atoms with E-state index < -0.39 is 6.04 Å². The fraction of sp³-hybridized carbons (Fsp3) is 0.179. The van der Waals surface area contributed by atoms with Gasteiger partial charge >= 0.3 is 5.97 Å². The molecule has 2 atom stereocenters. The van der Waals surface area contributed by atoms with Crippen LogP contribution in [0.1, 0.15) is 52.7 Å². The lowest BCUT2D eigenvalue weighted by Crippen LogP contribution is -2.41. The van der Waals surface area contributed by atoms with E-state index in [4.69, 9.17) is 19.9 Å². The van der Waals surface area contributed by atoms with Crippen LogP contribution in [0, 0.1) is 0 Å². The van der Waals surface area contributed by atoms with E-state index in [1.54, 1.807) is 0 Å². The lowest BCUT2D eigenvalue weighted by atomic mass is 9.97. The Morgan fingerprint density at radius 1 is 0.652 bits per heavy atom. The molecule has 6 rings (SSSR count). The molecule has 1 unspecified atom stereocenters. The van der Waals surface area contributed by atoms with Crippen molar-refractivity contribution in [3.63, 3.8) is 0 Å². The molecule has 0 spiro atoms. The number of hydrogen-bond donors (Lipinski definition) is 2. The molecule has 1 fully saturated rings. The Morgan fingerprint density at radius 2 is 1.09 bits per heavy atom. The number of carbonyl (C=O) groups excluding carboxylic acids is 2. The predicted octanol–water partition coefficient (Wildman–Crippen LogP) is 7.23. The molecule has 46 heavy (non-hydrogen) atoms. The molecule has 1 amide bonds. The number of hydrogen-bond acceptors (Lipinski definition) is 6. The van der Waals surface area contributed by atoms with Crippen molar-refractivity contribution in [2.75, 3.05) is 0 Å². The van der Waals surface area contributed by atoms with Gasteiger partial charge in [0.05, 0.1) is 18.9 Å². The second-order valence-electron chi connectivity index (χ2n) is 11.0. The average Bonchev–Trinajstić information content (AvgIpc) is 3.10. The van der Waals surface area contributed by atoms with Crippen molar-refractivity contribution in [3.8, 4) is 11.5 Å². The SMILES string of the molecule is NC(CC(=O)OCc1ccccc1)c1ccc(OCc2ccccc2)cc1.O=C1C[C@@H](c2ccc(OCc3ccccc3)cc2)N1. The number of β-lactam (4-membered cyclic amide) rings is 1. The van der Waals surface area contributed by atoms with Gasteiger partial charge in [0.1, 0.15) is 31.3 Å². The molecule has 0 radical (unpaired) electrons. The molecule has 1 heterocycles. The molecule has 1 aliphatic heterocycles. The van der Waals surface area contributed by atoms with Crippen LogP contribution in [-0.2, 0) is 34.1 Å². The van der Waals surface area contributed by atoms with Crippen molar-refractivity contribution >= 4 is 11.9 Å². The summed E-state index contributed by atoms with van der Waals surface area (Å²) in [4.78, 5) is 22.9. The van der Waals surface area contributed by atoms with Gasteiger partial charge in [0.2, 0.25) is 5.91 Å². The average molecular weight is 615 g/mol. The van der Waals surface area contributed by atoms with Gasteiger partial charge in [-0.15, -0.1) is 0 Å². The minimum Gasteiger partial charge on any atom is -0.489 e. The number of nitrogens with one attached hydrogen (secondary N) is 1. The fourth-order valence-electron chi connectivity index (χ4n) is 4.74. The lowest BCUT2D eigenvalue weighted by Gasteiger charge is -2.27. The minimum absolute atomic E-state index is 0.120. The van der Waals surface area contributed by atoms with Gasteiger partial charge < -0.3 is 25.3 Å². The standard InChI is InChI=1S/C23H23NO3.C16H15NO2/c24-22(15-23(25)27-17-19-9-5-2-6-10-19)20-11-13-21(14-12-20)26-16-18-7-3-1-4-8-18;18-16-10-15(17-16)13-6-8-14(9-7-13)19-11-12-4-2-1-3-5-12/h1-14,22H,15-17,24H2;1-9,15H,10-11H2,(H,17,18)/t;15-/m.0/s1. The number of esters is 1. The first-order valence-electron chi connectivity index (χ1n) is 15.3. The Bertz CT molecular complexity index is 1640. The van der Waals surface area contributed by atoms with E-state index >= 15 is 0 Å².